The Kier molecular flexibility index (Phi) is 5.04. The molecule has 3 atom stereocenters. The van der Waals surface area contributed by atoms with Crippen molar-refractivity contribution in [1.82, 2.24) is 20.0 Å². The fourth-order valence-corrected chi connectivity index (χ4v) is 3.97. The maximum absolute atomic E-state index is 13.1. The van der Waals surface area contributed by atoms with Gasteiger partial charge < -0.3 is 10.2 Å². The third-order valence-corrected chi connectivity index (χ3v) is 5.42. The van der Waals surface area contributed by atoms with Gasteiger partial charge in [-0.1, -0.05) is 0 Å². The van der Waals surface area contributed by atoms with E-state index in [4.69, 9.17) is 0 Å². The molecule has 25 heavy (non-hydrogen) atoms. The highest BCUT2D eigenvalue weighted by Crippen LogP contribution is 2.34. The van der Waals surface area contributed by atoms with Crippen molar-refractivity contribution in [1.29, 1.82) is 0 Å². The van der Waals surface area contributed by atoms with Gasteiger partial charge in [-0.2, -0.15) is 5.10 Å². The standard InChI is InChI=1S/C16H22F4N4O/c1-8(24-13(15(19)20)7-12(22-24)14(17)18)16(25)21-9-5-10-3-4-11(6-9)23(10)2/h7-11,14-15H,3-6H2,1-2H3,(H,21,25). The molecule has 1 aromatic heterocycles. The number of rotatable bonds is 5. The average molecular weight is 362 g/mol. The van der Waals surface area contributed by atoms with E-state index < -0.39 is 36.2 Å². The van der Waals surface area contributed by atoms with Crippen LogP contribution in [0, 0.1) is 0 Å². The second kappa shape index (κ2) is 6.93. The molecule has 0 aromatic carbocycles. The minimum absolute atomic E-state index is 0.0243. The largest absolute Gasteiger partial charge is 0.351 e. The Morgan fingerprint density at radius 1 is 1.20 bits per heavy atom. The van der Waals surface area contributed by atoms with Crippen molar-refractivity contribution in [2.75, 3.05) is 7.05 Å². The minimum atomic E-state index is -2.98. The lowest BCUT2D eigenvalue weighted by molar-refractivity contribution is -0.125. The summed E-state index contributed by atoms with van der Waals surface area (Å²) in [5.74, 6) is -0.472. The Labute approximate surface area is 143 Å². The van der Waals surface area contributed by atoms with Crippen LogP contribution < -0.4 is 5.32 Å². The zero-order valence-electron chi connectivity index (χ0n) is 14.1. The van der Waals surface area contributed by atoms with E-state index in [1.54, 1.807) is 0 Å². The fraction of sp³-hybridized carbons (Fsp3) is 0.750. The van der Waals surface area contributed by atoms with E-state index in [0.29, 0.717) is 22.8 Å². The number of nitrogens with one attached hydrogen (secondary N) is 1. The Bertz CT molecular complexity index is 622. The highest BCUT2D eigenvalue weighted by atomic mass is 19.3. The van der Waals surface area contributed by atoms with Crippen LogP contribution in [0.25, 0.3) is 0 Å². The number of carbonyl (C=O) groups excluding carboxylic acids is 1. The van der Waals surface area contributed by atoms with Crippen LogP contribution in [0.2, 0.25) is 0 Å². The molecule has 2 aliphatic rings. The number of carbonyl (C=O) groups is 1. The molecule has 140 valence electrons. The van der Waals surface area contributed by atoms with Gasteiger partial charge in [-0.25, -0.2) is 17.6 Å². The number of hydrogen-bond acceptors (Lipinski definition) is 3. The molecule has 0 spiro atoms. The highest BCUT2D eigenvalue weighted by molar-refractivity contribution is 5.80. The molecule has 9 heteroatoms. The number of fused-ring (bicyclic) bond motifs is 2. The van der Waals surface area contributed by atoms with Crippen LogP contribution in [0.5, 0.6) is 0 Å². The van der Waals surface area contributed by atoms with Gasteiger partial charge in [0.1, 0.15) is 17.4 Å². The molecule has 3 rings (SSSR count). The van der Waals surface area contributed by atoms with E-state index in [9.17, 15) is 22.4 Å². The Balaban J connectivity index is 1.70. The lowest BCUT2D eigenvalue weighted by Gasteiger charge is -2.37. The summed E-state index contributed by atoms with van der Waals surface area (Å²) in [5, 5.41) is 6.40. The molecule has 1 amide bonds. The first-order chi connectivity index (χ1) is 11.8. The molecule has 0 saturated carbocycles. The molecule has 2 bridgehead atoms. The SMILES string of the molecule is CC(C(=O)NC1CC2CCC(C1)N2C)n1nc(C(F)F)cc1C(F)F. The summed E-state index contributed by atoms with van der Waals surface area (Å²) < 4.78 is 52.4. The average Bonchev–Trinajstić information content (AvgIpc) is 3.06. The highest BCUT2D eigenvalue weighted by Gasteiger charge is 2.39. The van der Waals surface area contributed by atoms with E-state index in [1.807, 2.05) is 0 Å². The summed E-state index contributed by atoms with van der Waals surface area (Å²) in [4.78, 5) is 14.8. The van der Waals surface area contributed by atoms with Crippen molar-refractivity contribution < 1.29 is 22.4 Å². The van der Waals surface area contributed by atoms with Gasteiger partial charge in [0.15, 0.2) is 0 Å². The fourth-order valence-electron chi connectivity index (χ4n) is 3.97. The Morgan fingerprint density at radius 3 is 2.32 bits per heavy atom. The first-order valence-corrected chi connectivity index (χ1v) is 8.45. The van der Waals surface area contributed by atoms with Gasteiger partial charge in [0, 0.05) is 18.1 Å². The van der Waals surface area contributed by atoms with Gasteiger partial charge in [0.2, 0.25) is 5.91 Å². The number of nitrogens with zero attached hydrogens (tertiary/aromatic N) is 3. The van der Waals surface area contributed by atoms with E-state index in [-0.39, 0.29) is 6.04 Å². The molecule has 2 fully saturated rings. The van der Waals surface area contributed by atoms with Gasteiger partial charge in [-0.3, -0.25) is 9.48 Å². The van der Waals surface area contributed by atoms with Crippen molar-refractivity contribution >= 4 is 5.91 Å². The normalized spacial score (nSPS) is 27.9. The molecule has 3 heterocycles. The van der Waals surface area contributed by atoms with Gasteiger partial charge in [-0.15, -0.1) is 0 Å². The van der Waals surface area contributed by atoms with Crippen molar-refractivity contribution in [3.05, 3.63) is 17.5 Å². The molecular weight excluding hydrogens is 340 g/mol. The molecule has 2 saturated heterocycles. The van der Waals surface area contributed by atoms with Gasteiger partial charge in [-0.05, 0) is 45.7 Å². The van der Waals surface area contributed by atoms with E-state index in [1.165, 1.54) is 6.92 Å². The quantitative estimate of drug-likeness (QED) is 0.819. The minimum Gasteiger partial charge on any atom is -0.351 e. The first kappa shape index (κ1) is 18.2. The maximum Gasteiger partial charge on any atom is 0.282 e. The van der Waals surface area contributed by atoms with E-state index >= 15 is 0 Å². The Morgan fingerprint density at radius 2 is 1.80 bits per heavy atom. The molecule has 3 unspecified atom stereocenters. The van der Waals surface area contributed by atoms with Gasteiger partial charge in [0.05, 0.1) is 0 Å². The zero-order chi connectivity index (χ0) is 18.3. The Hall–Kier alpha value is -1.64. The van der Waals surface area contributed by atoms with Crippen LogP contribution in [0.15, 0.2) is 6.07 Å². The molecule has 1 aromatic rings. The predicted molar refractivity (Wildman–Crippen MR) is 82.6 cm³/mol. The number of halogens is 4. The number of alkyl halides is 4. The molecule has 0 aliphatic carbocycles. The summed E-state index contributed by atoms with van der Waals surface area (Å²) >= 11 is 0. The van der Waals surface area contributed by atoms with Crippen molar-refractivity contribution in [2.24, 2.45) is 0 Å². The molecule has 0 radical (unpaired) electrons. The van der Waals surface area contributed by atoms with Crippen LogP contribution in [0.4, 0.5) is 17.6 Å². The predicted octanol–water partition coefficient (Wildman–Crippen LogP) is 3.06. The van der Waals surface area contributed by atoms with E-state index in [2.05, 4.69) is 22.4 Å². The summed E-state index contributed by atoms with van der Waals surface area (Å²) in [6.07, 6.45) is -2.12. The number of piperidine rings is 1. The van der Waals surface area contributed by atoms with Gasteiger partial charge in [0.25, 0.3) is 12.9 Å². The van der Waals surface area contributed by atoms with E-state index in [0.717, 1.165) is 25.7 Å². The van der Waals surface area contributed by atoms with Crippen molar-refractivity contribution in [2.45, 2.75) is 69.6 Å². The van der Waals surface area contributed by atoms with Crippen molar-refractivity contribution in [3.8, 4) is 0 Å². The monoisotopic (exact) mass is 362 g/mol. The van der Waals surface area contributed by atoms with Crippen LogP contribution >= 0.6 is 0 Å². The summed E-state index contributed by atoms with van der Waals surface area (Å²) in [5.41, 5.74) is -1.41. The second-order valence-corrected chi connectivity index (χ2v) is 6.94. The summed E-state index contributed by atoms with van der Waals surface area (Å²) in [6.45, 7) is 1.40. The molecule has 1 N–H and O–H groups in total. The number of amides is 1. The zero-order valence-corrected chi connectivity index (χ0v) is 14.1. The summed E-state index contributed by atoms with van der Waals surface area (Å²) in [6, 6.07) is 0.407. The van der Waals surface area contributed by atoms with Crippen LogP contribution in [0.1, 0.15) is 62.9 Å². The van der Waals surface area contributed by atoms with Crippen LogP contribution in [-0.4, -0.2) is 45.8 Å². The lowest BCUT2D eigenvalue weighted by Crippen LogP contribution is -2.50. The molecule has 2 aliphatic heterocycles. The number of aromatic nitrogens is 2. The number of hydrogen-bond donors (Lipinski definition) is 1. The first-order valence-electron chi connectivity index (χ1n) is 8.45. The van der Waals surface area contributed by atoms with Crippen molar-refractivity contribution in [3.63, 3.8) is 0 Å². The maximum atomic E-state index is 13.1. The second-order valence-electron chi connectivity index (χ2n) is 6.94. The topological polar surface area (TPSA) is 50.2 Å². The smallest absolute Gasteiger partial charge is 0.282 e. The molecular formula is C16H22F4N4O. The molecule has 5 nitrogen and oxygen atoms in total. The lowest BCUT2D eigenvalue weighted by atomic mass is 9.98. The third-order valence-electron chi connectivity index (χ3n) is 5.42. The summed E-state index contributed by atoms with van der Waals surface area (Å²) in [7, 11) is 2.08. The van der Waals surface area contributed by atoms with Crippen LogP contribution in [-0.2, 0) is 4.79 Å². The van der Waals surface area contributed by atoms with Gasteiger partial charge >= 0.3 is 0 Å². The van der Waals surface area contributed by atoms with Crippen LogP contribution in [0.3, 0.4) is 0 Å². The third kappa shape index (κ3) is 3.51.